The molecule has 0 radical (unpaired) electrons. The van der Waals surface area contributed by atoms with Crippen LogP contribution in [0, 0.1) is 0 Å². The van der Waals surface area contributed by atoms with Crippen molar-refractivity contribution in [3.63, 3.8) is 0 Å². The standard InChI is InChI=1S/C24H18N4O4/c1-30-16-7-4-14(5-8-16)11-20-26-23-22-21(18-3-2-10-31-18)17-9-6-15(29)12-19(17)32-24(22)25-13-28(23)27-20/h2-10,12-13,21,29H,11H2,1H3/t21-/m0/s1. The Labute approximate surface area is 182 Å². The second-order valence-corrected chi connectivity index (χ2v) is 7.56. The number of nitrogens with zero attached hydrogens (tertiary/aromatic N) is 4. The predicted molar refractivity (Wildman–Crippen MR) is 114 cm³/mol. The summed E-state index contributed by atoms with van der Waals surface area (Å²) in [5.74, 6) is 2.98. The number of fused-ring (bicyclic) bond motifs is 4. The molecule has 0 amide bonds. The first-order valence-electron chi connectivity index (χ1n) is 10.1. The molecule has 6 rings (SSSR count). The maximum Gasteiger partial charge on any atom is 0.228 e. The van der Waals surface area contributed by atoms with Crippen LogP contribution in [0.2, 0.25) is 0 Å². The minimum absolute atomic E-state index is 0.121. The van der Waals surface area contributed by atoms with E-state index in [9.17, 15) is 5.11 Å². The van der Waals surface area contributed by atoms with Crippen molar-refractivity contribution in [1.82, 2.24) is 19.6 Å². The summed E-state index contributed by atoms with van der Waals surface area (Å²) >= 11 is 0. The lowest BCUT2D eigenvalue weighted by Gasteiger charge is -2.26. The van der Waals surface area contributed by atoms with Crippen molar-refractivity contribution in [3.05, 3.63) is 95.5 Å². The van der Waals surface area contributed by atoms with Gasteiger partial charge in [0.2, 0.25) is 5.88 Å². The summed E-state index contributed by atoms with van der Waals surface area (Å²) in [5, 5.41) is 14.6. The highest BCUT2D eigenvalue weighted by molar-refractivity contribution is 5.65. The van der Waals surface area contributed by atoms with Crippen LogP contribution >= 0.6 is 0 Å². The minimum Gasteiger partial charge on any atom is -0.508 e. The zero-order valence-corrected chi connectivity index (χ0v) is 17.1. The molecule has 8 nitrogen and oxygen atoms in total. The van der Waals surface area contributed by atoms with Gasteiger partial charge in [0, 0.05) is 18.1 Å². The first-order chi connectivity index (χ1) is 15.7. The van der Waals surface area contributed by atoms with Crippen LogP contribution in [-0.4, -0.2) is 31.8 Å². The molecule has 0 spiro atoms. The molecule has 1 aliphatic heterocycles. The van der Waals surface area contributed by atoms with E-state index in [2.05, 4.69) is 10.1 Å². The molecule has 32 heavy (non-hydrogen) atoms. The lowest BCUT2D eigenvalue weighted by molar-refractivity contribution is 0.409. The van der Waals surface area contributed by atoms with Crippen LogP contribution in [0.25, 0.3) is 5.65 Å². The first-order valence-corrected chi connectivity index (χ1v) is 10.1. The minimum atomic E-state index is -0.293. The Bertz CT molecular complexity index is 1420. The Morgan fingerprint density at radius 3 is 2.78 bits per heavy atom. The average Bonchev–Trinajstić information content (AvgIpc) is 3.47. The summed E-state index contributed by atoms with van der Waals surface area (Å²) in [6, 6.07) is 16.6. The largest absolute Gasteiger partial charge is 0.508 e. The van der Waals surface area contributed by atoms with E-state index in [-0.39, 0.29) is 11.7 Å². The number of hydrogen-bond acceptors (Lipinski definition) is 7. The molecule has 2 aromatic carbocycles. The molecule has 1 atom stereocenters. The second-order valence-electron chi connectivity index (χ2n) is 7.56. The summed E-state index contributed by atoms with van der Waals surface area (Å²) in [5.41, 5.74) is 3.36. The molecule has 158 valence electrons. The van der Waals surface area contributed by atoms with Crippen molar-refractivity contribution in [3.8, 4) is 23.1 Å². The van der Waals surface area contributed by atoms with Crippen LogP contribution in [0.3, 0.4) is 0 Å². The zero-order chi connectivity index (χ0) is 21.7. The van der Waals surface area contributed by atoms with Gasteiger partial charge in [-0.1, -0.05) is 18.2 Å². The zero-order valence-electron chi connectivity index (χ0n) is 17.1. The second kappa shape index (κ2) is 7.12. The lowest BCUT2D eigenvalue weighted by atomic mass is 9.87. The molecule has 1 aliphatic rings. The predicted octanol–water partition coefficient (Wildman–Crippen LogP) is 4.31. The fourth-order valence-corrected chi connectivity index (χ4v) is 4.10. The molecule has 0 aliphatic carbocycles. The van der Waals surface area contributed by atoms with Crippen molar-refractivity contribution in [1.29, 1.82) is 0 Å². The van der Waals surface area contributed by atoms with Gasteiger partial charge in [0.25, 0.3) is 0 Å². The molecule has 5 aromatic rings. The highest BCUT2D eigenvalue weighted by Crippen LogP contribution is 2.48. The third-order valence-corrected chi connectivity index (χ3v) is 5.58. The first kappa shape index (κ1) is 18.4. The quantitative estimate of drug-likeness (QED) is 0.449. The van der Waals surface area contributed by atoms with Crippen LogP contribution in [-0.2, 0) is 6.42 Å². The van der Waals surface area contributed by atoms with Gasteiger partial charge in [0.1, 0.15) is 29.3 Å². The SMILES string of the molecule is COc1ccc(Cc2nc3c4c(ncn3n2)Oc2cc(O)ccc2[C@H]4c2ccco2)cc1. The number of phenolic OH excluding ortho intramolecular Hbond substituents is 1. The highest BCUT2D eigenvalue weighted by Gasteiger charge is 2.35. The van der Waals surface area contributed by atoms with Crippen LogP contribution in [0.5, 0.6) is 23.1 Å². The normalized spacial score (nSPS) is 14.6. The fraction of sp³-hybridized carbons (Fsp3) is 0.125. The number of ether oxygens (including phenoxy) is 2. The summed E-state index contributed by atoms with van der Waals surface area (Å²) in [4.78, 5) is 9.30. The monoisotopic (exact) mass is 426 g/mol. The van der Waals surface area contributed by atoms with Crippen molar-refractivity contribution in [2.45, 2.75) is 12.3 Å². The number of rotatable bonds is 4. The smallest absolute Gasteiger partial charge is 0.228 e. The lowest BCUT2D eigenvalue weighted by Crippen LogP contribution is -2.14. The van der Waals surface area contributed by atoms with Gasteiger partial charge in [-0.3, -0.25) is 0 Å². The van der Waals surface area contributed by atoms with Crippen molar-refractivity contribution < 1.29 is 19.0 Å². The van der Waals surface area contributed by atoms with E-state index in [0.717, 1.165) is 28.2 Å². The Kier molecular flexibility index (Phi) is 4.10. The fourth-order valence-electron chi connectivity index (χ4n) is 4.10. The molecular weight excluding hydrogens is 408 g/mol. The van der Waals surface area contributed by atoms with Crippen LogP contribution in [0.1, 0.15) is 34.2 Å². The molecule has 0 saturated heterocycles. The van der Waals surface area contributed by atoms with E-state index in [1.54, 1.807) is 36.3 Å². The van der Waals surface area contributed by atoms with E-state index >= 15 is 0 Å². The highest BCUT2D eigenvalue weighted by atomic mass is 16.5. The summed E-state index contributed by atoms with van der Waals surface area (Å²) < 4.78 is 18.7. The van der Waals surface area contributed by atoms with Crippen molar-refractivity contribution in [2.24, 2.45) is 0 Å². The molecule has 0 unspecified atom stereocenters. The van der Waals surface area contributed by atoms with E-state index in [1.165, 1.54) is 0 Å². The third-order valence-electron chi connectivity index (χ3n) is 5.58. The van der Waals surface area contributed by atoms with E-state index < -0.39 is 0 Å². The van der Waals surface area contributed by atoms with Gasteiger partial charge in [-0.15, -0.1) is 5.10 Å². The van der Waals surface area contributed by atoms with Crippen LogP contribution in [0.15, 0.2) is 71.6 Å². The van der Waals surface area contributed by atoms with Crippen molar-refractivity contribution >= 4 is 5.65 Å². The van der Waals surface area contributed by atoms with Gasteiger partial charge < -0.3 is 19.0 Å². The number of benzene rings is 2. The van der Waals surface area contributed by atoms with Gasteiger partial charge >= 0.3 is 0 Å². The van der Waals surface area contributed by atoms with Gasteiger partial charge in [0.15, 0.2) is 11.5 Å². The van der Waals surface area contributed by atoms with Crippen molar-refractivity contribution in [2.75, 3.05) is 7.11 Å². The molecular formula is C24H18N4O4. The Morgan fingerprint density at radius 1 is 1.12 bits per heavy atom. The number of methoxy groups -OCH3 is 1. The average molecular weight is 426 g/mol. The third kappa shape index (κ3) is 2.96. The molecule has 0 bridgehead atoms. The molecule has 1 N–H and O–H groups in total. The van der Waals surface area contributed by atoms with Gasteiger partial charge in [-0.2, -0.15) is 0 Å². The summed E-state index contributed by atoms with van der Waals surface area (Å²) in [6.07, 6.45) is 3.79. The van der Waals surface area contributed by atoms with E-state index in [4.69, 9.17) is 18.9 Å². The van der Waals surface area contributed by atoms with Crippen LogP contribution in [0.4, 0.5) is 0 Å². The van der Waals surface area contributed by atoms with Gasteiger partial charge in [-0.25, -0.2) is 14.5 Å². The van der Waals surface area contributed by atoms with E-state index in [1.807, 2.05) is 42.5 Å². The van der Waals surface area contributed by atoms with Gasteiger partial charge in [0.05, 0.1) is 24.9 Å². The topological polar surface area (TPSA) is 94.9 Å². The molecule has 3 aromatic heterocycles. The maximum atomic E-state index is 9.94. The Morgan fingerprint density at radius 2 is 2.00 bits per heavy atom. The van der Waals surface area contributed by atoms with Gasteiger partial charge in [-0.05, 0) is 35.9 Å². The van der Waals surface area contributed by atoms with Crippen LogP contribution < -0.4 is 9.47 Å². The summed E-state index contributed by atoms with van der Waals surface area (Å²) in [7, 11) is 1.64. The number of phenols is 1. The number of hydrogen-bond donors (Lipinski definition) is 1. The number of furan rings is 1. The number of aromatic hydroxyl groups is 1. The molecule has 0 saturated carbocycles. The molecule has 0 fully saturated rings. The molecule has 8 heteroatoms. The number of aromatic nitrogens is 4. The van der Waals surface area contributed by atoms with E-state index in [0.29, 0.717) is 29.5 Å². The molecule has 4 heterocycles. The summed E-state index contributed by atoms with van der Waals surface area (Å²) in [6.45, 7) is 0. The Balaban J connectivity index is 1.48. The maximum absolute atomic E-state index is 9.94. The Hall–Kier alpha value is -4.33.